The zero-order chi connectivity index (χ0) is 18.8. The largest absolute Gasteiger partial charge is 0.353 e. The topological polar surface area (TPSA) is 49.3 Å². The molecular formula is C22H28N4O. The van der Waals surface area contributed by atoms with Gasteiger partial charge in [-0.2, -0.15) is 0 Å². The Balaban J connectivity index is 1.58. The molecule has 0 spiro atoms. The number of aryl methyl sites for hydroxylation is 2. The molecule has 1 aromatic carbocycles. The maximum atomic E-state index is 12.3. The quantitative estimate of drug-likeness (QED) is 0.818. The molecule has 1 aliphatic carbocycles. The molecule has 5 heteroatoms. The third kappa shape index (κ3) is 3.97. The van der Waals surface area contributed by atoms with Crippen molar-refractivity contribution in [2.75, 3.05) is 31.1 Å². The minimum absolute atomic E-state index is 0.304. The summed E-state index contributed by atoms with van der Waals surface area (Å²) < 4.78 is 0. The second kappa shape index (κ2) is 7.67. The number of aromatic nitrogens is 2. The lowest BCUT2D eigenvalue weighted by Gasteiger charge is -2.36. The van der Waals surface area contributed by atoms with Crippen LogP contribution in [0.5, 0.6) is 0 Å². The van der Waals surface area contributed by atoms with Crippen molar-refractivity contribution in [3.63, 3.8) is 0 Å². The Morgan fingerprint density at radius 1 is 1.07 bits per heavy atom. The maximum absolute atomic E-state index is 12.3. The molecule has 5 nitrogen and oxygen atoms in total. The summed E-state index contributed by atoms with van der Waals surface area (Å²) in [6.07, 6.45) is 3.90. The Kier molecular flexibility index (Phi) is 5.10. The van der Waals surface area contributed by atoms with Crippen LogP contribution in [-0.2, 0) is 17.6 Å². The summed E-state index contributed by atoms with van der Waals surface area (Å²) >= 11 is 0. The van der Waals surface area contributed by atoms with Crippen molar-refractivity contribution >= 4 is 11.7 Å². The number of carbonyl (C=O) groups is 1. The van der Waals surface area contributed by atoms with Crippen LogP contribution in [0.3, 0.4) is 0 Å². The Bertz CT molecular complexity index is 809. The zero-order valence-electron chi connectivity index (χ0n) is 16.3. The van der Waals surface area contributed by atoms with Gasteiger partial charge in [-0.15, -0.1) is 0 Å². The molecule has 0 bridgehead atoms. The highest BCUT2D eigenvalue weighted by atomic mass is 16.2. The van der Waals surface area contributed by atoms with E-state index in [0.29, 0.717) is 11.8 Å². The Morgan fingerprint density at radius 2 is 1.78 bits per heavy atom. The third-order valence-corrected chi connectivity index (χ3v) is 5.56. The lowest BCUT2D eigenvalue weighted by molar-refractivity contribution is -0.132. The Hall–Kier alpha value is -2.43. The average Bonchev–Trinajstić information content (AvgIpc) is 3.54. The summed E-state index contributed by atoms with van der Waals surface area (Å²) in [5, 5.41) is 0. The average molecular weight is 364 g/mol. The van der Waals surface area contributed by atoms with Crippen molar-refractivity contribution < 1.29 is 4.79 Å². The van der Waals surface area contributed by atoms with Crippen molar-refractivity contribution in [2.24, 2.45) is 5.92 Å². The van der Waals surface area contributed by atoms with Crippen LogP contribution in [-0.4, -0.2) is 47.0 Å². The van der Waals surface area contributed by atoms with Gasteiger partial charge >= 0.3 is 0 Å². The molecule has 1 amide bonds. The van der Waals surface area contributed by atoms with Crippen LogP contribution in [0.15, 0.2) is 30.3 Å². The number of rotatable bonds is 5. The zero-order valence-corrected chi connectivity index (χ0v) is 16.3. The lowest BCUT2D eigenvalue weighted by atomic mass is 10.0. The summed E-state index contributed by atoms with van der Waals surface area (Å²) in [5.41, 5.74) is 3.65. The molecule has 142 valence electrons. The number of hydrogen-bond acceptors (Lipinski definition) is 4. The molecule has 2 aliphatic rings. The Labute approximate surface area is 161 Å². The molecule has 1 saturated carbocycles. The summed E-state index contributed by atoms with van der Waals surface area (Å²) in [7, 11) is 0. The maximum Gasteiger partial charge on any atom is 0.225 e. The van der Waals surface area contributed by atoms with Crippen molar-refractivity contribution in [1.82, 2.24) is 14.9 Å². The minimum atomic E-state index is 0.304. The predicted octanol–water partition coefficient (Wildman–Crippen LogP) is 3.00. The van der Waals surface area contributed by atoms with Gasteiger partial charge in [0, 0.05) is 49.8 Å². The number of hydrogen-bond donors (Lipinski definition) is 0. The first-order valence-corrected chi connectivity index (χ1v) is 10.1. The molecule has 2 aromatic rings. The van der Waals surface area contributed by atoms with E-state index in [-0.39, 0.29) is 0 Å². The summed E-state index contributed by atoms with van der Waals surface area (Å²) in [5.74, 6) is 2.54. The first-order valence-electron chi connectivity index (χ1n) is 10.1. The van der Waals surface area contributed by atoms with Gasteiger partial charge in [0.1, 0.15) is 11.6 Å². The molecule has 1 aromatic heterocycles. The van der Waals surface area contributed by atoms with Crippen LogP contribution in [0.1, 0.15) is 42.4 Å². The molecule has 0 N–H and O–H groups in total. The van der Waals surface area contributed by atoms with E-state index in [1.807, 2.05) is 17.9 Å². The first-order chi connectivity index (χ1) is 13.2. The van der Waals surface area contributed by atoms with Gasteiger partial charge < -0.3 is 9.80 Å². The lowest BCUT2D eigenvalue weighted by Crippen LogP contribution is -2.49. The molecular weight excluding hydrogens is 336 g/mol. The Morgan fingerprint density at radius 3 is 2.41 bits per heavy atom. The molecule has 0 unspecified atom stereocenters. The van der Waals surface area contributed by atoms with Crippen LogP contribution in [0.25, 0.3) is 0 Å². The smallest absolute Gasteiger partial charge is 0.225 e. The molecule has 27 heavy (non-hydrogen) atoms. The number of anilines is 1. The van der Waals surface area contributed by atoms with Crippen LogP contribution in [0.4, 0.5) is 5.82 Å². The fourth-order valence-corrected chi connectivity index (χ4v) is 3.90. The van der Waals surface area contributed by atoms with Gasteiger partial charge in [-0.25, -0.2) is 9.97 Å². The van der Waals surface area contributed by atoms with Crippen LogP contribution >= 0.6 is 0 Å². The van der Waals surface area contributed by atoms with Crippen molar-refractivity contribution in [3.8, 4) is 0 Å². The highest BCUT2D eigenvalue weighted by Crippen LogP contribution is 2.32. The van der Waals surface area contributed by atoms with Gasteiger partial charge in [-0.3, -0.25) is 4.79 Å². The molecule has 0 radical (unpaired) electrons. The SMILES string of the molecule is CCc1nc(C)nc(N2CCN(C(=O)C3CC3)CC2)c1Cc1ccccc1. The fourth-order valence-electron chi connectivity index (χ4n) is 3.90. The van der Waals surface area contributed by atoms with E-state index in [2.05, 4.69) is 36.1 Å². The van der Waals surface area contributed by atoms with Crippen LogP contribution < -0.4 is 4.90 Å². The highest BCUT2D eigenvalue weighted by Gasteiger charge is 2.35. The van der Waals surface area contributed by atoms with Gasteiger partial charge in [-0.1, -0.05) is 37.3 Å². The highest BCUT2D eigenvalue weighted by molar-refractivity contribution is 5.81. The van der Waals surface area contributed by atoms with Gasteiger partial charge in [0.05, 0.1) is 0 Å². The van der Waals surface area contributed by atoms with E-state index < -0.39 is 0 Å². The van der Waals surface area contributed by atoms with Gasteiger partial charge in [-0.05, 0) is 31.7 Å². The number of amides is 1. The van der Waals surface area contributed by atoms with Gasteiger partial charge in [0.15, 0.2) is 0 Å². The minimum Gasteiger partial charge on any atom is -0.353 e. The second-order valence-corrected chi connectivity index (χ2v) is 7.62. The van der Waals surface area contributed by atoms with E-state index >= 15 is 0 Å². The van der Waals surface area contributed by atoms with E-state index in [1.165, 1.54) is 11.1 Å². The normalized spacial score (nSPS) is 17.3. The molecule has 2 fully saturated rings. The molecule has 2 heterocycles. The van der Waals surface area contributed by atoms with E-state index in [4.69, 9.17) is 9.97 Å². The summed E-state index contributed by atoms with van der Waals surface area (Å²) in [6.45, 7) is 7.42. The van der Waals surface area contributed by atoms with Crippen molar-refractivity contribution in [1.29, 1.82) is 0 Å². The van der Waals surface area contributed by atoms with E-state index in [9.17, 15) is 4.79 Å². The van der Waals surface area contributed by atoms with Crippen LogP contribution in [0, 0.1) is 12.8 Å². The summed E-state index contributed by atoms with van der Waals surface area (Å²) in [4.78, 5) is 26.3. The molecule has 1 saturated heterocycles. The second-order valence-electron chi connectivity index (χ2n) is 7.62. The van der Waals surface area contributed by atoms with Crippen LogP contribution in [0.2, 0.25) is 0 Å². The summed E-state index contributed by atoms with van der Waals surface area (Å²) in [6, 6.07) is 10.5. The molecule has 4 rings (SSSR count). The van der Waals surface area contributed by atoms with Gasteiger partial charge in [0.25, 0.3) is 0 Å². The number of piperazine rings is 1. The van der Waals surface area contributed by atoms with Crippen molar-refractivity contribution in [2.45, 2.75) is 39.5 Å². The number of benzene rings is 1. The van der Waals surface area contributed by atoms with Gasteiger partial charge in [0.2, 0.25) is 5.91 Å². The molecule has 1 aliphatic heterocycles. The number of carbonyl (C=O) groups excluding carboxylic acids is 1. The first kappa shape index (κ1) is 18.0. The van der Waals surface area contributed by atoms with E-state index in [0.717, 1.165) is 69.2 Å². The third-order valence-electron chi connectivity index (χ3n) is 5.56. The van der Waals surface area contributed by atoms with Crippen molar-refractivity contribution in [3.05, 3.63) is 53.0 Å². The molecule has 0 atom stereocenters. The number of nitrogens with zero attached hydrogens (tertiary/aromatic N) is 4. The predicted molar refractivity (Wildman–Crippen MR) is 107 cm³/mol. The van der Waals surface area contributed by atoms with E-state index in [1.54, 1.807) is 0 Å². The fraction of sp³-hybridized carbons (Fsp3) is 0.500. The standard InChI is InChI=1S/C22H28N4O/c1-3-20-19(15-17-7-5-4-6-8-17)21(24-16(2)23-20)25-11-13-26(14-12-25)22(27)18-9-10-18/h4-8,18H,3,9-15H2,1-2H3. The monoisotopic (exact) mass is 364 g/mol.